The van der Waals surface area contributed by atoms with Crippen molar-refractivity contribution in [3.63, 3.8) is 0 Å². The van der Waals surface area contributed by atoms with Crippen LogP contribution < -0.4 is 5.32 Å². The van der Waals surface area contributed by atoms with Gasteiger partial charge in [0, 0.05) is 47.8 Å². The standard InChI is InChI=1S/C20H28N4O3SSi.C17H21N3O3SSi/c1-14(12-25)21-19(26)15-11-24(13-27-9-10-29(2,3)4)23-18(15)20-22-16-7-5-6-8-17(16)28-20;1-25(2,3)9-8-23-11-20-10-12(17(21)22)15(19-20)16-18-13-6-4-5-7-14(13)24-16/h5-8,11,14,25H,9-10,12-13H2,1-4H3,(H,21,26);4-7,10H,8-9,11H2,1-3H3,(H,21,22)/t14-;/m1./s1. The summed E-state index contributed by atoms with van der Waals surface area (Å²) < 4.78 is 16.7. The van der Waals surface area contributed by atoms with Crippen molar-refractivity contribution in [2.75, 3.05) is 19.8 Å². The van der Waals surface area contributed by atoms with Crippen molar-refractivity contribution in [3.8, 4) is 21.4 Å². The average Bonchev–Trinajstić information content (AvgIpc) is 3.91. The first kappa shape index (κ1) is 41.1. The lowest BCUT2D eigenvalue weighted by molar-refractivity contribution is 0.0693. The third kappa shape index (κ3) is 11.5. The topological polar surface area (TPSA) is 167 Å². The van der Waals surface area contributed by atoms with Gasteiger partial charge in [-0.2, -0.15) is 10.2 Å². The van der Waals surface area contributed by atoms with Crippen molar-refractivity contribution >= 4 is 71.1 Å². The number of ether oxygens (including phenoxy) is 2. The van der Waals surface area contributed by atoms with Crippen LogP contribution in [-0.2, 0) is 22.9 Å². The van der Waals surface area contributed by atoms with E-state index in [1.165, 1.54) is 33.6 Å². The van der Waals surface area contributed by atoms with E-state index in [1.807, 2.05) is 48.5 Å². The Morgan fingerprint density at radius 3 is 1.63 bits per heavy atom. The number of fused-ring (bicyclic) bond motifs is 2. The number of amides is 1. The Bertz CT molecular complexity index is 2120. The highest BCUT2D eigenvalue weighted by molar-refractivity contribution is 7.22. The number of nitrogens with one attached hydrogen (secondary N) is 1. The molecule has 0 saturated heterocycles. The fraction of sp³-hybridized carbons (Fsp3) is 0.405. The minimum atomic E-state index is -1.16. The van der Waals surface area contributed by atoms with Gasteiger partial charge in [-0.25, -0.2) is 24.1 Å². The number of hydrogen-bond acceptors (Lipinski definition) is 11. The molecule has 2 aromatic carbocycles. The van der Waals surface area contributed by atoms with E-state index in [4.69, 9.17) is 9.47 Å². The quantitative estimate of drug-likeness (QED) is 0.0650. The lowest BCUT2D eigenvalue weighted by atomic mass is 10.2. The van der Waals surface area contributed by atoms with Crippen molar-refractivity contribution in [2.24, 2.45) is 0 Å². The summed E-state index contributed by atoms with van der Waals surface area (Å²) in [5, 5.41) is 31.8. The number of carboxylic acids is 1. The molecule has 0 bridgehead atoms. The second-order valence-corrected chi connectivity index (χ2v) is 28.7. The third-order valence-electron chi connectivity index (χ3n) is 8.08. The number of rotatable bonds is 16. The fourth-order valence-corrected chi connectivity index (χ4v) is 8.42. The molecule has 0 radical (unpaired) electrons. The average molecular weight is 808 g/mol. The molecule has 6 rings (SSSR count). The molecule has 0 aliphatic heterocycles. The number of carbonyl (C=O) groups excluding carboxylic acids is 1. The maximum absolute atomic E-state index is 12.8. The fourth-order valence-electron chi connectivity index (χ4n) is 4.98. The number of carbonyl (C=O) groups is 2. The molecule has 54 heavy (non-hydrogen) atoms. The van der Waals surface area contributed by atoms with Gasteiger partial charge < -0.3 is 25.0 Å². The largest absolute Gasteiger partial charge is 0.478 e. The summed E-state index contributed by atoms with van der Waals surface area (Å²) in [6, 6.07) is 17.4. The zero-order valence-corrected chi connectivity index (χ0v) is 35.5. The Kier molecular flexibility index (Phi) is 13.7. The first-order chi connectivity index (χ1) is 25.6. The van der Waals surface area contributed by atoms with Gasteiger partial charge in [0.25, 0.3) is 5.91 Å². The predicted octanol–water partition coefficient (Wildman–Crippen LogP) is 7.75. The second-order valence-electron chi connectivity index (χ2n) is 15.4. The molecule has 1 atom stereocenters. The van der Waals surface area contributed by atoms with E-state index >= 15 is 0 Å². The Morgan fingerprint density at radius 2 is 1.20 bits per heavy atom. The molecule has 4 heterocycles. The number of hydrogen-bond donors (Lipinski definition) is 3. The maximum atomic E-state index is 12.8. The van der Waals surface area contributed by atoms with Gasteiger partial charge in [-0.05, 0) is 43.3 Å². The molecule has 0 saturated carbocycles. The van der Waals surface area contributed by atoms with Crippen LogP contribution in [0.5, 0.6) is 0 Å². The first-order valence-corrected chi connectivity index (χ1v) is 26.8. The van der Waals surface area contributed by atoms with Crippen molar-refractivity contribution < 1.29 is 29.3 Å². The van der Waals surface area contributed by atoms with E-state index in [9.17, 15) is 19.8 Å². The lowest BCUT2D eigenvalue weighted by Crippen LogP contribution is -2.35. The second kappa shape index (κ2) is 18.0. The van der Waals surface area contributed by atoms with Gasteiger partial charge in [0.2, 0.25) is 0 Å². The first-order valence-electron chi connectivity index (χ1n) is 17.8. The maximum Gasteiger partial charge on any atom is 0.339 e. The molecule has 4 aromatic heterocycles. The zero-order valence-electron chi connectivity index (χ0n) is 31.8. The molecule has 13 nitrogen and oxygen atoms in total. The smallest absolute Gasteiger partial charge is 0.339 e. The van der Waals surface area contributed by atoms with Crippen LogP contribution >= 0.6 is 22.7 Å². The summed E-state index contributed by atoms with van der Waals surface area (Å²) in [6.07, 6.45) is 3.20. The minimum Gasteiger partial charge on any atom is -0.478 e. The minimum absolute atomic E-state index is 0.129. The molecule has 17 heteroatoms. The van der Waals surface area contributed by atoms with E-state index in [-0.39, 0.29) is 37.6 Å². The van der Waals surface area contributed by atoms with E-state index in [2.05, 4.69) is 64.8 Å². The summed E-state index contributed by atoms with van der Waals surface area (Å²) in [5.74, 6) is -1.29. The molecule has 0 aliphatic carbocycles. The number of thiazole rings is 2. The van der Waals surface area contributed by atoms with Gasteiger partial charge in [-0.1, -0.05) is 63.5 Å². The van der Waals surface area contributed by atoms with Gasteiger partial charge in [0.05, 0.1) is 32.6 Å². The Hall–Kier alpha value is -4.11. The van der Waals surface area contributed by atoms with Crippen molar-refractivity contribution in [1.29, 1.82) is 0 Å². The highest BCUT2D eigenvalue weighted by Crippen LogP contribution is 2.32. The van der Waals surface area contributed by atoms with Crippen molar-refractivity contribution in [3.05, 3.63) is 72.1 Å². The number of nitrogens with zero attached hydrogens (tertiary/aromatic N) is 6. The van der Waals surface area contributed by atoms with Gasteiger partial charge in [0.15, 0.2) is 0 Å². The number of benzene rings is 2. The van der Waals surface area contributed by atoms with E-state index in [0.717, 1.165) is 32.5 Å². The molecule has 0 aliphatic rings. The van der Waals surface area contributed by atoms with Crippen LogP contribution in [0.25, 0.3) is 41.8 Å². The highest BCUT2D eigenvalue weighted by atomic mass is 32.1. The predicted molar refractivity (Wildman–Crippen MR) is 221 cm³/mol. The molecular weight excluding hydrogens is 759 g/mol. The van der Waals surface area contributed by atoms with Gasteiger partial charge in [-0.3, -0.25) is 4.79 Å². The van der Waals surface area contributed by atoms with Crippen LogP contribution in [0.4, 0.5) is 0 Å². The summed E-state index contributed by atoms with van der Waals surface area (Å²) in [7, 11) is -2.31. The molecule has 0 unspecified atom stereocenters. The molecule has 1 amide bonds. The van der Waals surface area contributed by atoms with Crippen LogP contribution in [0.15, 0.2) is 60.9 Å². The van der Waals surface area contributed by atoms with Gasteiger partial charge in [0.1, 0.15) is 40.4 Å². The number of para-hydroxylation sites is 2. The molecule has 3 N–H and O–H groups in total. The van der Waals surface area contributed by atoms with Crippen molar-refractivity contribution in [1.82, 2.24) is 34.8 Å². The van der Waals surface area contributed by atoms with Crippen LogP contribution in [0, 0.1) is 0 Å². The SMILES string of the molecule is C[C@H](CO)NC(=O)c1cn(COCC[Si](C)(C)C)nc1-c1nc2ccccc2s1.C[Si](C)(C)CCOCn1cc(C(=O)O)c(-c2nc3ccccc3s2)n1. The number of carboxylic acid groups (broad SMARTS) is 1. The van der Waals surface area contributed by atoms with Crippen LogP contribution in [-0.4, -0.2) is 93.6 Å². The summed E-state index contributed by atoms with van der Waals surface area (Å²) >= 11 is 2.94. The number of aromatic carboxylic acids is 1. The third-order valence-corrected chi connectivity index (χ3v) is 13.6. The lowest BCUT2D eigenvalue weighted by Gasteiger charge is -2.15. The molecule has 288 valence electrons. The monoisotopic (exact) mass is 807 g/mol. The molecule has 6 aromatic rings. The van der Waals surface area contributed by atoms with Crippen LogP contribution in [0.3, 0.4) is 0 Å². The zero-order chi connectivity index (χ0) is 39.0. The summed E-state index contributed by atoms with van der Waals surface area (Å²) in [4.78, 5) is 33.5. The number of aliphatic hydroxyl groups excluding tert-OH is 1. The van der Waals surface area contributed by atoms with Crippen LogP contribution in [0.1, 0.15) is 27.6 Å². The van der Waals surface area contributed by atoms with Gasteiger partial charge in [-0.15, -0.1) is 22.7 Å². The summed E-state index contributed by atoms with van der Waals surface area (Å²) in [6.45, 7) is 17.3. The van der Waals surface area contributed by atoms with E-state index < -0.39 is 22.1 Å². The normalized spacial score (nSPS) is 12.5. The number of aromatic nitrogens is 6. The van der Waals surface area contributed by atoms with Crippen molar-refractivity contribution in [2.45, 2.75) is 77.8 Å². The Morgan fingerprint density at radius 1 is 0.759 bits per heavy atom. The van der Waals surface area contributed by atoms with Gasteiger partial charge >= 0.3 is 5.97 Å². The summed E-state index contributed by atoms with van der Waals surface area (Å²) in [5.41, 5.74) is 3.22. The van der Waals surface area contributed by atoms with Crippen LogP contribution in [0.2, 0.25) is 51.4 Å². The molecule has 0 fully saturated rings. The van der Waals surface area contributed by atoms with E-state index in [1.54, 1.807) is 17.8 Å². The Labute approximate surface area is 325 Å². The Balaban J connectivity index is 0.000000210. The number of aliphatic hydroxyl groups is 1. The molecular formula is C37H49N7O6S2Si2. The highest BCUT2D eigenvalue weighted by Gasteiger charge is 2.23. The molecule has 0 spiro atoms. The van der Waals surface area contributed by atoms with E-state index in [0.29, 0.717) is 40.2 Å².